The van der Waals surface area contributed by atoms with Crippen LogP contribution in [0.2, 0.25) is 0 Å². The molecule has 2 rings (SSSR count). The highest BCUT2D eigenvalue weighted by Crippen LogP contribution is 2.32. The normalized spacial score (nSPS) is 16.8. The van der Waals surface area contributed by atoms with E-state index < -0.39 is 0 Å². The van der Waals surface area contributed by atoms with Crippen LogP contribution in [0.3, 0.4) is 0 Å². The highest BCUT2D eigenvalue weighted by atomic mass is 16.5. The average Bonchev–Trinajstić information content (AvgIpc) is 3.69. The predicted molar refractivity (Wildman–Crippen MR) is 179 cm³/mol. The van der Waals surface area contributed by atoms with E-state index in [0.717, 1.165) is 26.4 Å². The molecule has 4 nitrogen and oxygen atoms in total. The third kappa shape index (κ3) is 19.7. The molecule has 0 saturated carbocycles. The lowest BCUT2D eigenvalue weighted by molar-refractivity contribution is -0.00377. The Bertz CT molecular complexity index is 497. The lowest BCUT2D eigenvalue weighted by Gasteiger charge is -2.40. The summed E-state index contributed by atoms with van der Waals surface area (Å²) in [6.07, 6.45) is 32.7. The van der Waals surface area contributed by atoms with E-state index in [1.807, 2.05) is 0 Å². The Morgan fingerprint density at radius 2 is 0.805 bits per heavy atom. The van der Waals surface area contributed by atoms with Crippen LogP contribution >= 0.6 is 0 Å². The molecule has 2 aliphatic rings. The fraction of sp³-hybridized carbons (Fsp3) is 1.00. The molecule has 244 valence electrons. The van der Waals surface area contributed by atoms with Crippen LogP contribution in [-0.4, -0.2) is 75.5 Å². The van der Waals surface area contributed by atoms with Gasteiger partial charge in [0.25, 0.3) is 0 Å². The number of nitrogens with zero attached hydrogens (tertiary/aromatic N) is 2. The van der Waals surface area contributed by atoms with Crippen LogP contribution in [0.5, 0.6) is 0 Å². The van der Waals surface area contributed by atoms with Crippen LogP contribution in [0.25, 0.3) is 0 Å². The first-order valence-corrected chi connectivity index (χ1v) is 18.9. The van der Waals surface area contributed by atoms with E-state index in [-0.39, 0.29) is 0 Å². The van der Waals surface area contributed by atoms with Gasteiger partial charge in [-0.05, 0) is 77.5 Å². The number of likely N-dealkylation sites (tertiary alicyclic amines) is 2. The van der Waals surface area contributed by atoms with Gasteiger partial charge in [-0.15, -0.1) is 0 Å². The summed E-state index contributed by atoms with van der Waals surface area (Å²) in [4.78, 5) is 5.55. The Kier molecular flexibility index (Phi) is 23.7. The van der Waals surface area contributed by atoms with Gasteiger partial charge in [0.1, 0.15) is 0 Å². The molecule has 2 fully saturated rings. The average molecular weight is 579 g/mol. The Balaban J connectivity index is 1.68. The van der Waals surface area contributed by atoms with Crippen molar-refractivity contribution in [3.8, 4) is 0 Å². The fourth-order valence-corrected chi connectivity index (χ4v) is 7.15. The number of hydrogen-bond donors (Lipinski definition) is 0. The third-order valence-corrected chi connectivity index (χ3v) is 9.70. The first-order chi connectivity index (χ1) is 20.3. The van der Waals surface area contributed by atoms with E-state index in [1.54, 1.807) is 0 Å². The lowest BCUT2D eigenvalue weighted by atomic mass is 9.81. The van der Waals surface area contributed by atoms with Gasteiger partial charge in [0.2, 0.25) is 0 Å². The molecular formula is C37H74N2O2. The van der Waals surface area contributed by atoms with Gasteiger partial charge in [-0.25, -0.2) is 0 Å². The molecule has 0 N–H and O–H groups in total. The van der Waals surface area contributed by atoms with E-state index in [4.69, 9.17) is 9.47 Å². The van der Waals surface area contributed by atoms with Crippen molar-refractivity contribution < 1.29 is 9.47 Å². The topological polar surface area (TPSA) is 24.9 Å². The van der Waals surface area contributed by atoms with Gasteiger partial charge in [0.15, 0.2) is 0 Å². The Morgan fingerprint density at radius 1 is 0.439 bits per heavy atom. The predicted octanol–water partition coefficient (Wildman–Crippen LogP) is 10.0. The van der Waals surface area contributed by atoms with Gasteiger partial charge in [-0.1, -0.05) is 117 Å². The quantitative estimate of drug-likeness (QED) is 0.0792. The second-order valence-corrected chi connectivity index (χ2v) is 13.9. The highest BCUT2D eigenvalue weighted by molar-refractivity contribution is 4.89. The molecule has 0 aromatic heterocycles. The second-order valence-electron chi connectivity index (χ2n) is 13.9. The molecule has 2 aliphatic heterocycles. The molecule has 0 bridgehead atoms. The molecule has 2 saturated heterocycles. The van der Waals surface area contributed by atoms with E-state index in [2.05, 4.69) is 23.6 Å². The van der Waals surface area contributed by atoms with Gasteiger partial charge in [-0.2, -0.15) is 0 Å². The summed E-state index contributed by atoms with van der Waals surface area (Å²) in [7, 11) is 0. The van der Waals surface area contributed by atoms with E-state index in [1.165, 1.54) is 193 Å². The summed E-state index contributed by atoms with van der Waals surface area (Å²) < 4.78 is 12.5. The minimum Gasteiger partial charge on any atom is -0.381 e. The van der Waals surface area contributed by atoms with Crippen molar-refractivity contribution in [1.82, 2.24) is 9.80 Å². The first kappa shape index (κ1) is 37.0. The molecule has 0 radical (unpaired) electrons. The summed E-state index contributed by atoms with van der Waals surface area (Å²) in [5, 5.41) is 0. The SMILES string of the molecule is CCCCCCCCCCCCOCC(CCCCCCCOCCCCCC)(CN1CCCC1)CN1CCCC1. The van der Waals surface area contributed by atoms with Crippen molar-refractivity contribution in [2.75, 3.05) is 65.7 Å². The summed E-state index contributed by atoms with van der Waals surface area (Å²) in [5.41, 5.74) is 0.314. The molecule has 4 heteroatoms. The van der Waals surface area contributed by atoms with Crippen LogP contribution in [0.1, 0.15) is 168 Å². The maximum Gasteiger partial charge on any atom is 0.0546 e. The maximum absolute atomic E-state index is 6.58. The van der Waals surface area contributed by atoms with Crippen molar-refractivity contribution in [3.63, 3.8) is 0 Å². The molecule has 41 heavy (non-hydrogen) atoms. The summed E-state index contributed by atoms with van der Waals surface area (Å²) in [6.45, 7) is 16.2. The number of unbranched alkanes of at least 4 members (excludes halogenated alkanes) is 16. The summed E-state index contributed by atoms with van der Waals surface area (Å²) in [5.74, 6) is 0. The maximum atomic E-state index is 6.58. The fourth-order valence-electron chi connectivity index (χ4n) is 7.15. The molecule has 0 aromatic rings. The monoisotopic (exact) mass is 579 g/mol. The molecule has 0 atom stereocenters. The van der Waals surface area contributed by atoms with Crippen LogP contribution in [0.15, 0.2) is 0 Å². The molecule has 0 aromatic carbocycles. The zero-order chi connectivity index (χ0) is 29.1. The van der Waals surface area contributed by atoms with Crippen LogP contribution in [0.4, 0.5) is 0 Å². The van der Waals surface area contributed by atoms with Crippen molar-refractivity contribution in [3.05, 3.63) is 0 Å². The zero-order valence-electron chi connectivity index (χ0n) is 28.3. The Morgan fingerprint density at radius 3 is 1.27 bits per heavy atom. The second kappa shape index (κ2) is 26.3. The van der Waals surface area contributed by atoms with Crippen molar-refractivity contribution in [2.24, 2.45) is 5.41 Å². The standard InChI is InChI=1S/C37H74N2O2/c1-3-5-7-9-10-11-12-13-16-25-33-41-36-37(34-38-27-19-20-28-38,35-39-29-21-22-30-39)26-18-15-14-17-24-32-40-31-23-8-6-4-2/h3-36H2,1-2H3. The van der Waals surface area contributed by atoms with Crippen LogP contribution in [-0.2, 0) is 9.47 Å². The zero-order valence-corrected chi connectivity index (χ0v) is 28.3. The first-order valence-electron chi connectivity index (χ1n) is 18.9. The van der Waals surface area contributed by atoms with Gasteiger partial charge >= 0.3 is 0 Å². The van der Waals surface area contributed by atoms with Gasteiger partial charge in [0.05, 0.1) is 6.61 Å². The molecule has 0 unspecified atom stereocenters. The van der Waals surface area contributed by atoms with Crippen molar-refractivity contribution in [2.45, 2.75) is 168 Å². The van der Waals surface area contributed by atoms with Gasteiger partial charge in [0, 0.05) is 38.3 Å². The molecule has 0 amide bonds. The Hall–Kier alpha value is -0.160. The van der Waals surface area contributed by atoms with E-state index >= 15 is 0 Å². The summed E-state index contributed by atoms with van der Waals surface area (Å²) >= 11 is 0. The highest BCUT2D eigenvalue weighted by Gasteiger charge is 2.35. The van der Waals surface area contributed by atoms with Crippen molar-refractivity contribution >= 4 is 0 Å². The summed E-state index contributed by atoms with van der Waals surface area (Å²) in [6, 6.07) is 0. The Labute approximate surface area is 258 Å². The molecule has 0 spiro atoms. The van der Waals surface area contributed by atoms with E-state index in [0.29, 0.717) is 5.41 Å². The van der Waals surface area contributed by atoms with E-state index in [9.17, 15) is 0 Å². The smallest absolute Gasteiger partial charge is 0.0546 e. The lowest BCUT2D eigenvalue weighted by Crippen LogP contribution is -2.47. The van der Waals surface area contributed by atoms with Crippen molar-refractivity contribution in [1.29, 1.82) is 0 Å². The van der Waals surface area contributed by atoms with Gasteiger partial charge < -0.3 is 19.3 Å². The number of ether oxygens (including phenoxy) is 2. The molecule has 2 heterocycles. The molecular weight excluding hydrogens is 504 g/mol. The number of hydrogen-bond acceptors (Lipinski definition) is 4. The van der Waals surface area contributed by atoms with Crippen LogP contribution in [0, 0.1) is 5.41 Å². The van der Waals surface area contributed by atoms with Gasteiger partial charge in [-0.3, -0.25) is 0 Å². The minimum atomic E-state index is 0.314. The number of rotatable bonds is 30. The van der Waals surface area contributed by atoms with Crippen LogP contribution < -0.4 is 0 Å². The molecule has 0 aliphatic carbocycles. The largest absolute Gasteiger partial charge is 0.381 e. The third-order valence-electron chi connectivity index (χ3n) is 9.70. The minimum absolute atomic E-state index is 0.314.